The van der Waals surface area contributed by atoms with E-state index >= 15 is 0 Å². The largest absolute Gasteiger partial charge is 0.438 e. The molecule has 0 unspecified atom stereocenters. The highest BCUT2D eigenvalue weighted by Crippen LogP contribution is 2.12. The summed E-state index contributed by atoms with van der Waals surface area (Å²) in [6, 6.07) is 8.23. The molecule has 1 amide bonds. The third kappa shape index (κ3) is 3.07. The minimum atomic E-state index is -0.104. The predicted molar refractivity (Wildman–Crippen MR) is 77.7 cm³/mol. The molecule has 0 aliphatic heterocycles. The van der Waals surface area contributed by atoms with Gasteiger partial charge < -0.3 is 9.32 Å². The van der Waals surface area contributed by atoms with Crippen molar-refractivity contribution in [2.45, 2.75) is 26.7 Å². The second kappa shape index (κ2) is 6.37. The summed E-state index contributed by atoms with van der Waals surface area (Å²) in [5.74, 6) is 0.257. The van der Waals surface area contributed by atoms with Crippen molar-refractivity contribution in [3.05, 3.63) is 53.2 Å². The van der Waals surface area contributed by atoms with Crippen LogP contribution >= 0.6 is 0 Å². The minimum Gasteiger partial charge on any atom is -0.438 e. The molecule has 0 atom stereocenters. The van der Waals surface area contributed by atoms with Gasteiger partial charge in [-0.1, -0.05) is 31.2 Å². The van der Waals surface area contributed by atoms with Gasteiger partial charge in [-0.05, 0) is 30.9 Å². The maximum absolute atomic E-state index is 12.3. The summed E-state index contributed by atoms with van der Waals surface area (Å²) < 4.78 is 5.21. The van der Waals surface area contributed by atoms with Gasteiger partial charge in [0.15, 0.2) is 6.39 Å². The van der Waals surface area contributed by atoms with Crippen LogP contribution in [0.4, 0.5) is 0 Å². The molecule has 1 aromatic carbocycles. The van der Waals surface area contributed by atoms with E-state index < -0.39 is 0 Å². The Balaban J connectivity index is 2.00. The second-order valence-corrected chi connectivity index (χ2v) is 4.88. The molecule has 2 rings (SSSR count). The van der Waals surface area contributed by atoms with E-state index in [1.807, 2.05) is 19.1 Å². The van der Waals surface area contributed by atoms with Crippen LogP contribution in [-0.2, 0) is 12.8 Å². The summed E-state index contributed by atoms with van der Waals surface area (Å²) in [6.45, 7) is 4.71. The zero-order valence-electron chi connectivity index (χ0n) is 12.2. The molecule has 0 radical (unpaired) electrons. The Morgan fingerprint density at radius 1 is 1.35 bits per heavy atom. The molecule has 0 bridgehead atoms. The van der Waals surface area contributed by atoms with Gasteiger partial charge >= 0.3 is 0 Å². The van der Waals surface area contributed by atoms with Gasteiger partial charge in [-0.2, -0.15) is 0 Å². The van der Waals surface area contributed by atoms with E-state index in [2.05, 4.69) is 24.0 Å². The van der Waals surface area contributed by atoms with Crippen molar-refractivity contribution in [3.8, 4) is 0 Å². The molecule has 20 heavy (non-hydrogen) atoms. The Morgan fingerprint density at radius 2 is 2.10 bits per heavy atom. The summed E-state index contributed by atoms with van der Waals surface area (Å²) in [7, 11) is 1.79. The molecular weight excluding hydrogens is 252 g/mol. The lowest BCUT2D eigenvalue weighted by atomic mass is 10.1. The molecule has 0 fully saturated rings. The number of aromatic nitrogens is 1. The Kier molecular flexibility index (Phi) is 4.56. The van der Waals surface area contributed by atoms with E-state index in [1.165, 1.54) is 17.5 Å². The quantitative estimate of drug-likeness (QED) is 0.840. The molecule has 1 aromatic heterocycles. The lowest BCUT2D eigenvalue weighted by Gasteiger charge is -2.16. The van der Waals surface area contributed by atoms with Crippen molar-refractivity contribution >= 4 is 5.91 Å². The fraction of sp³-hybridized carbons (Fsp3) is 0.375. The third-order valence-electron chi connectivity index (χ3n) is 3.49. The Bertz CT molecular complexity index is 590. The van der Waals surface area contributed by atoms with Crippen LogP contribution in [0.15, 0.2) is 35.1 Å². The maximum Gasteiger partial charge on any atom is 0.291 e. The molecule has 0 aliphatic carbocycles. The molecule has 4 nitrogen and oxygen atoms in total. The minimum absolute atomic E-state index is 0.104. The van der Waals surface area contributed by atoms with Gasteiger partial charge in [0.25, 0.3) is 5.91 Å². The highest BCUT2D eigenvalue weighted by molar-refractivity contribution is 5.92. The first-order chi connectivity index (χ1) is 9.63. The predicted octanol–water partition coefficient (Wildman–Crippen LogP) is 2.86. The number of hydrogen-bond acceptors (Lipinski definition) is 3. The van der Waals surface area contributed by atoms with E-state index in [0.29, 0.717) is 18.7 Å². The lowest BCUT2D eigenvalue weighted by molar-refractivity contribution is 0.0763. The van der Waals surface area contributed by atoms with Gasteiger partial charge in [-0.25, -0.2) is 4.98 Å². The topological polar surface area (TPSA) is 46.3 Å². The smallest absolute Gasteiger partial charge is 0.291 e. The Labute approximate surface area is 119 Å². The fourth-order valence-corrected chi connectivity index (χ4v) is 2.15. The van der Waals surface area contributed by atoms with Crippen LogP contribution < -0.4 is 0 Å². The summed E-state index contributed by atoms with van der Waals surface area (Å²) in [4.78, 5) is 18.0. The molecule has 0 saturated heterocycles. The SMILES string of the molecule is CCc1ncoc1C(=O)N(C)CCc1ccccc1C. The second-order valence-electron chi connectivity index (χ2n) is 4.88. The fourth-order valence-electron chi connectivity index (χ4n) is 2.15. The zero-order chi connectivity index (χ0) is 14.5. The molecule has 106 valence electrons. The van der Waals surface area contributed by atoms with Crippen molar-refractivity contribution in [2.75, 3.05) is 13.6 Å². The maximum atomic E-state index is 12.3. The van der Waals surface area contributed by atoms with Crippen LogP contribution in [0, 0.1) is 6.92 Å². The molecule has 2 aromatic rings. The van der Waals surface area contributed by atoms with Crippen molar-refractivity contribution in [3.63, 3.8) is 0 Å². The molecule has 0 aliphatic rings. The summed E-state index contributed by atoms with van der Waals surface area (Å²) in [5.41, 5.74) is 3.24. The number of benzene rings is 1. The molecule has 0 spiro atoms. The first-order valence-electron chi connectivity index (χ1n) is 6.85. The van der Waals surface area contributed by atoms with Crippen molar-refractivity contribution in [2.24, 2.45) is 0 Å². The Hall–Kier alpha value is -2.10. The number of rotatable bonds is 5. The van der Waals surface area contributed by atoms with Crippen molar-refractivity contribution in [1.82, 2.24) is 9.88 Å². The third-order valence-corrected chi connectivity index (χ3v) is 3.49. The number of likely N-dealkylation sites (N-methyl/N-ethyl adjacent to an activating group) is 1. The lowest BCUT2D eigenvalue weighted by Crippen LogP contribution is -2.29. The number of carbonyl (C=O) groups excluding carboxylic acids is 1. The van der Waals surface area contributed by atoms with Gasteiger partial charge in [0, 0.05) is 13.6 Å². The van der Waals surface area contributed by atoms with Crippen molar-refractivity contribution < 1.29 is 9.21 Å². The van der Waals surface area contributed by atoms with E-state index in [-0.39, 0.29) is 5.91 Å². The molecule has 1 heterocycles. The van der Waals surface area contributed by atoms with E-state index in [4.69, 9.17) is 4.42 Å². The van der Waals surface area contributed by atoms with Crippen LogP contribution in [0.2, 0.25) is 0 Å². The van der Waals surface area contributed by atoms with Crippen LogP contribution in [-0.4, -0.2) is 29.4 Å². The van der Waals surface area contributed by atoms with Gasteiger partial charge in [0.2, 0.25) is 5.76 Å². The molecule has 0 N–H and O–H groups in total. The Morgan fingerprint density at radius 3 is 2.80 bits per heavy atom. The average molecular weight is 272 g/mol. The van der Waals surface area contributed by atoms with Gasteiger partial charge in [0.1, 0.15) is 0 Å². The number of oxazole rings is 1. The zero-order valence-corrected chi connectivity index (χ0v) is 12.2. The number of carbonyl (C=O) groups is 1. The highest BCUT2D eigenvalue weighted by atomic mass is 16.3. The number of hydrogen-bond donors (Lipinski definition) is 0. The van der Waals surface area contributed by atoms with Crippen LogP contribution in [0.3, 0.4) is 0 Å². The number of amides is 1. The molecule has 4 heteroatoms. The first-order valence-corrected chi connectivity index (χ1v) is 6.85. The summed E-state index contributed by atoms with van der Waals surface area (Å²) in [6.07, 6.45) is 2.87. The first kappa shape index (κ1) is 14.3. The molecule has 0 saturated carbocycles. The molecular formula is C16H20N2O2. The number of aryl methyl sites for hydroxylation is 2. The van der Waals surface area contributed by atoms with Gasteiger partial charge in [0.05, 0.1) is 5.69 Å². The normalized spacial score (nSPS) is 10.6. The number of nitrogens with zero attached hydrogens (tertiary/aromatic N) is 2. The van der Waals surface area contributed by atoms with Crippen LogP contribution in [0.25, 0.3) is 0 Å². The van der Waals surface area contributed by atoms with Crippen LogP contribution in [0.1, 0.15) is 34.3 Å². The summed E-state index contributed by atoms with van der Waals surface area (Å²) in [5, 5.41) is 0. The van der Waals surface area contributed by atoms with Gasteiger partial charge in [-0.15, -0.1) is 0 Å². The van der Waals surface area contributed by atoms with Crippen LogP contribution in [0.5, 0.6) is 0 Å². The average Bonchev–Trinajstić information content (AvgIpc) is 2.93. The standard InChI is InChI=1S/C16H20N2O2/c1-4-14-15(20-11-17-14)16(19)18(3)10-9-13-8-6-5-7-12(13)2/h5-8,11H,4,9-10H2,1-3H3. The summed E-state index contributed by atoms with van der Waals surface area (Å²) >= 11 is 0. The van der Waals surface area contributed by atoms with E-state index in [1.54, 1.807) is 11.9 Å². The van der Waals surface area contributed by atoms with E-state index in [9.17, 15) is 4.79 Å². The highest BCUT2D eigenvalue weighted by Gasteiger charge is 2.19. The van der Waals surface area contributed by atoms with E-state index in [0.717, 1.165) is 12.1 Å². The monoisotopic (exact) mass is 272 g/mol. The van der Waals surface area contributed by atoms with Crippen molar-refractivity contribution in [1.29, 1.82) is 0 Å². The van der Waals surface area contributed by atoms with Gasteiger partial charge in [-0.3, -0.25) is 4.79 Å².